The lowest BCUT2D eigenvalue weighted by atomic mass is 10.0. The Bertz CT molecular complexity index is 133. The molecule has 0 amide bonds. The molecule has 0 aliphatic heterocycles. The van der Waals surface area contributed by atoms with Crippen molar-refractivity contribution < 1.29 is 19.1 Å². The molecule has 0 aliphatic rings. The van der Waals surface area contributed by atoms with Crippen LogP contribution in [0.2, 0.25) is 6.32 Å². The summed E-state index contributed by atoms with van der Waals surface area (Å²) in [5.41, 5.74) is 0. The normalized spacial score (nSPS) is 15.1. The highest BCUT2D eigenvalue weighted by Gasteiger charge is 2.13. The molecule has 1 unspecified atom stereocenters. The lowest BCUT2D eigenvalue weighted by Gasteiger charge is -2.10. The Morgan fingerprint density at radius 3 is 2.50 bits per heavy atom. The van der Waals surface area contributed by atoms with E-state index in [0.717, 1.165) is 0 Å². The molecule has 0 bridgehead atoms. The van der Waals surface area contributed by atoms with Gasteiger partial charge in [-0.25, -0.2) is 0 Å². The van der Waals surface area contributed by atoms with Crippen molar-refractivity contribution in [3.05, 3.63) is 0 Å². The monoisotopic (exact) mass is 164 g/mol. The van der Waals surface area contributed by atoms with Crippen molar-refractivity contribution in [1.82, 2.24) is 0 Å². The highest BCUT2D eigenvalue weighted by atomic mass is 31.2. The third-order valence-electron chi connectivity index (χ3n) is 0.859. The third kappa shape index (κ3) is 6.30. The maximum Gasteiger partial charge on any atom is 0.350 e. The highest BCUT2D eigenvalue weighted by molar-refractivity contribution is 7.51. The van der Waals surface area contributed by atoms with Crippen LogP contribution in [-0.2, 0) is 9.30 Å². The molecule has 1 atom stereocenters. The van der Waals surface area contributed by atoms with Gasteiger partial charge in [-0.1, -0.05) is 6.32 Å². The van der Waals surface area contributed by atoms with Gasteiger partial charge in [0.2, 0.25) is 0 Å². The molecular weight excluding hydrogens is 154 g/mol. The summed E-state index contributed by atoms with van der Waals surface area (Å²) in [4.78, 5) is 16.6. The maximum absolute atomic E-state index is 10.2. The van der Waals surface area contributed by atoms with Gasteiger partial charge in [0.1, 0.15) is 6.35 Å². The molecule has 0 fully saturated rings. The molecule has 0 aromatic heterocycles. The van der Waals surface area contributed by atoms with Gasteiger partial charge in [0, 0.05) is 6.10 Å². The molecule has 4 nitrogen and oxygen atoms in total. The summed E-state index contributed by atoms with van der Waals surface area (Å²) in [5, 5.41) is 0. The zero-order valence-electron chi connectivity index (χ0n) is 5.73. The van der Waals surface area contributed by atoms with Gasteiger partial charge >= 0.3 is 7.60 Å². The minimum Gasteiger partial charge on any atom is -0.367 e. The second kappa shape index (κ2) is 4.14. The first-order valence-corrected chi connectivity index (χ1v) is 4.61. The van der Waals surface area contributed by atoms with E-state index >= 15 is 0 Å². The van der Waals surface area contributed by atoms with Crippen molar-refractivity contribution in [1.29, 1.82) is 0 Å². The lowest BCUT2D eigenvalue weighted by molar-refractivity contribution is 0.102. The summed E-state index contributed by atoms with van der Waals surface area (Å²) in [5.74, 6) is 0. The molecule has 0 rings (SSSR count). The van der Waals surface area contributed by atoms with Gasteiger partial charge in [-0.15, -0.1) is 0 Å². The highest BCUT2D eigenvalue weighted by Crippen LogP contribution is 2.34. The Balaban J connectivity index is 3.46. The van der Waals surface area contributed by atoms with E-state index < -0.39 is 13.9 Å². The second-order valence-electron chi connectivity index (χ2n) is 2.01. The number of ether oxygens (including phenoxy) is 1. The van der Waals surface area contributed by atoms with E-state index in [1.54, 1.807) is 6.92 Å². The van der Waals surface area contributed by atoms with Crippen molar-refractivity contribution in [3.8, 4) is 0 Å². The van der Waals surface area contributed by atoms with Crippen LogP contribution in [0, 0.1) is 0 Å². The van der Waals surface area contributed by atoms with Crippen molar-refractivity contribution >= 4 is 15.4 Å². The average Bonchev–Trinajstić information content (AvgIpc) is 1.81. The van der Waals surface area contributed by atoms with Crippen molar-refractivity contribution in [2.75, 3.05) is 6.35 Å². The van der Waals surface area contributed by atoms with Crippen LogP contribution in [0.3, 0.4) is 0 Å². The van der Waals surface area contributed by atoms with Crippen LogP contribution in [-0.4, -0.2) is 30.1 Å². The molecule has 6 heteroatoms. The summed E-state index contributed by atoms with van der Waals surface area (Å²) >= 11 is 0. The minimum atomic E-state index is -4.01. The topological polar surface area (TPSA) is 66.8 Å². The molecule has 0 aromatic carbocycles. The van der Waals surface area contributed by atoms with Crippen LogP contribution < -0.4 is 0 Å². The summed E-state index contributed by atoms with van der Waals surface area (Å²) in [6.07, 6.45) is -0.585. The fraction of sp³-hybridized carbons (Fsp3) is 1.00. The zero-order chi connectivity index (χ0) is 8.20. The first-order valence-electron chi connectivity index (χ1n) is 2.82. The molecule has 0 aliphatic carbocycles. The quantitative estimate of drug-likeness (QED) is 0.457. The summed E-state index contributed by atoms with van der Waals surface area (Å²) in [7, 11) is 1.11. The molecule has 2 radical (unpaired) electrons. The molecular formula is C4H10BO4P. The van der Waals surface area contributed by atoms with Gasteiger partial charge in [0.05, 0.1) is 7.85 Å². The van der Waals surface area contributed by atoms with Gasteiger partial charge < -0.3 is 14.5 Å². The Kier molecular flexibility index (Phi) is 4.21. The SMILES string of the molecule is [B]CC(C)OCP(=O)(O)O. The zero-order valence-corrected chi connectivity index (χ0v) is 6.62. The Morgan fingerprint density at radius 1 is 1.70 bits per heavy atom. The van der Waals surface area contributed by atoms with Gasteiger partial charge in [-0.2, -0.15) is 0 Å². The maximum atomic E-state index is 10.2. The molecule has 10 heavy (non-hydrogen) atoms. The fourth-order valence-corrected chi connectivity index (χ4v) is 0.741. The van der Waals surface area contributed by atoms with Crippen molar-refractivity contribution in [2.24, 2.45) is 0 Å². The second-order valence-corrected chi connectivity index (χ2v) is 3.59. The van der Waals surface area contributed by atoms with E-state index in [2.05, 4.69) is 4.74 Å². The smallest absolute Gasteiger partial charge is 0.350 e. The van der Waals surface area contributed by atoms with E-state index in [4.69, 9.17) is 17.6 Å². The van der Waals surface area contributed by atoms with Crippen LogP contribution in [0.1, 0.15) is 6.92 Å². The first kappa shape index (κ1) is 10.2. The molecule has 0 saturated carbocycles. The minimum absolute atomic E-state index is 0.264. The van der Waals surface area contributed by atoms with E-state index in [9.17, 15) is 4.57 Å². The third-order valence-corrected chi connectivity index (χ3v) is 1.34. The first-order chi connectivity index (χ1) is 4.45. The molecule has 0 saturated heterocycles. The standard InChI is InChI=1S/C4H10BO4P/c1-4(2-5)9-3-10(6,7)8/h4H,2-3H2,1H3,(H2,6,7,8). The van der Waals surface area contributed by atoms with Crippen LogP contribution in [0.4, 0.5) is 0 Å². The van der Waals surface area contributed by atoms with E-state index in [1.807, 2.05) is 0 Å². The summed E-state index contributed by atoms with van der Waals surface area (Å²) < 4.78 is 14.8. The molecule has 2 N–H and O–H groups in total. The Labute approximate surface area is 61.2 Å². The summed E-state index contributed by atoms with van der Waals surface area (Å²) in [6.45, 7) is 1.65. The molecule has 58 valence electrons. The predicted molar refractivity (Wildman–Crippen MR) is 38.0 cm³/mol. The largest absolute Gasteiger partial charge is 0.367 e. The van der Waals surface area contributed by atoms with Crippen LogP contribution in [0.5, 0.6) is 0 Å². The Hall–Kier alpha value is 0.175. The molecule has 0 spiro atoms. The fourth-order valence-electron chi connectivity index (χ4n) is 0.292. The van der Waals surface area contributed by atoms with Gasteiger partial charge in [-0.05, 0) is 6.92 Å². The van der Waals surface area contributed by atoms with Crippen molar-refractivity contribution in [2.45, 2.75) is 19.3 Å². The number of rotatable bonds is 4. The van der Waals surface area contributed by atoms with E-state index in [-0.39, 0.29) is 12.4 Å². The van der Waals surface area contributed by atoms with Gasteiger partial charge in [0.25, 0.3) is 0 Å². The molecule has 0 heterocycles. The summed E-state index contributed by atoms with van der Waals surface area (Å²) in [6, 6.07) is 0. The van der Waals surface area contributed by atoms with E-state index in [0.29, 0.717) is 0 Å². The van der Waals surface area contributed by atoms with Crippen LogP contribution in [0.15, 0.2) is 0 Å². The number of hydrogen-bond donors (Lipinski definition) is 2. The molecule has 0 aromatic rings. The van der Waals surface area contributed by atoms with Crippen LogP contribution in [0.25, 0.3) is 0 Å². The van der Waals surface area contributed by atoms with Crippen LogP contribution >= 0.6 is 7.60 Å². The number of hydrogen-bond acceptors (Lipinski definition) is 2. The van der Waals surface area contributed by atoms with Crippen molar-refractivity contribution in [3.63, 3.8) is 0 Å². The predicted octanol–water partition coefficient (Wildman–Crippen LogP) is 0.113. The van der Waals surface area contributed by atoms with Gasteiger partial charge in [-0.3, -0.25) is 4.57 Å². The Morgan fingerprint density at radius 2 is 2.20 bits per heavy atom. The van der Waals surface area contributed by atoms with E-state index in [1.165, 1.54) is 0 Å². The van der Waals surface area contributed by atoms with Gasteiger partial charge in [0.15, 0.2) is 0 Å². The average molecular weight is 164 g/mol. The lowest BCUT2D eigenvalue weighted by Crippen LogP contribution is -2.08.